The van der Waals surface area contributed by atoms with Gasteiger partial charge in [0.1, 0.15) is 17.2 Å². The van der Waals surface area contributed by atoms with E-state index in [9.17, 15) is 32.3 Å². The number of nitrogens with zero attached hydrogens (tertiary/aromatic N) is 1. The number of likely N-dealkylation sites (tertiary alicyclic amines) is 1. The number of piperidine rings is 1. The third kappa shape index (κ3) is 5.26. The lowest BCUT2D eigenvalue weighted by molar-refractivity contribution is -0.274. The Balaban J connectivity index is 1.57. The predicted molar refractivity (Wildman–Crippen MR) is 98.2 cm³/mol. The summed E-state index contributed by atoms with van der Waals surface area (Å²) in [6.45, 7) is 0.219. The number of anilines is 1. The Bertz CT molecular complexity index is 906. The first-order valence-corrected chi connectivity index (χ1v) is 9.00. The van der Waals surface area contributed by atoms with Crippen LogP contribution in [-0.4, -0.2) is 46.9 Å². The van der Waals surface area contributed by atoms with Crippen molar-refractivity contribution in [2.45, 2.75) is 24.8 Å². The molecule has 0 atom stereocenters. The van der Waals surface area contributed by atoms with Crippen molar-refractivity contribution in [3.8, 4) is 5.75 Å². The molecule has 0 aromatic heterocycles. The van der Waals surface area contributed by atoms with E-state index in [-0.39, 0.29) is 37.5 Å². The number of hydrogen-bond acceptors (Lipinski definition) is 4. The molecule has 0 unspecified atom stereocenters. The van der Waals surface area contributed by atoms with Gasteiger partial charge in [-0.15, -0.1) is 13.2 Å². The lowest BCUT2D eigenvalue weighted by Crippen LogP contribution is -2.52. The number of nitrogens with one attached hydrogen (secondary N) is 1. The summed E-state index contributed by atoms with van der Waals surface area (Å²) in [6, 6.07) is 9.58. The molecule has 6 nitrogen and oxygen atoms in total. The zero-order valence-electron chi connectivity index (χ0n) is 15.6. The van der Waals surface area contributed by atoms with Gasteiger partial charge in [-0.3, -0.25) is 9.59 Å². The number of carbonyl (C=O) groups excluding carboxylic acids is 2. The average molecular weight is 426 g/mol. The van der Waals surface area contributed by atoms with Crippen LogP contribution in [0, 0.1) is 5.82 Å². The number of ether oxygens (including phenoxy) is 1. The van der Waals surface area contributed by atoms with Gasteiger partial charge >= 0.3 is 6.36 Å². The molecule has 2 aromatic rings. The Morgan fingerprint density at radius 3 is 2.10 bits per heavy atom. The van der Waals surface area contributed by atoms with Gasteiger partial charge in [-0.05, 0) is 48.5 Å². The van der Waals surface area contributed by atoms with Crippen LogP contribution in [0.3, 0.4) is 0 Å². The highest BCUT2D eigenvalue weighted by molar-refractivity contribution is 5.98. The maximum atomic E-state index is 13.0. The summed E-state index contributed by atoms with van der Waals surface area (Å²) in [5.74, 6) is -1.96. The molecule has 0 aliphatic carbocycles. The molecule has 0 spiro atoms. The first kappa shape index (κ1) is 21.6. The van der Waals surface area contributed by atoms with Gasteiger partial charge in [0.2, 0.25) is 0 Å². The molecule has 1 aliphatic rings. The number of halogens is 4. The standard InChI is InChI=1S/C20H18F4N2O4/c21-14-3-1-13(2-4-14)17(27)26-11-9-19(29,10-12-26)18(28)25-15-5-7-16(8-6-15)30-20(22,23)24/h1-8,29H,9-12H2,(H,25,28). The van der Waals surface area contributed by atoms with Crippen LogP contribution in [0.1, 0.15) is 23.2 Å². The highest BCUT2D eigenvalue weighted by Gasteiger charge is 2.40. The van der Waals surface area contributed by atoms with Gasteiger partial charge in [0, 0.05) is 37.2 Å². The second kappa shape index (κ2) is 8.31. The summed E-state index contributed by atoms with van der Waals surface area (Å²) >= 11 is 0. The van der Waals surface area contributed by atoms with Crippen LogP contribution in [0.5, 0.6) is 5.75 Å². The maximum absolute atomic E-state index is 13.0. The van der Waals surface area contributed by atoms with Gasteiger partial charge in [-0.1, -0.05) is 0 Å². The van der Waals surface area contributed by atoms with E-state index >= 15 is 0 Å². The van der Waals surface area contributed by atoms with E-state index in [0.29, 0.717) is 5.56 Å². The summed E-state index contributed by atoms with van der Waals surface area (Å²) in [7, 11) is 0. The molecule has 1 aliphatic heterocycles. The van der Waals surface area contributed by atoms with Crippen LogP contribution in [0.25, 0.3) is 0 Å². The number of alkyl halides is 3. The van der Waals surface area contributed by atoms with Gasteiger partial charge < -0.3 is 20.1 Å². The summed E-state index contributed by atoms with van der Waals surface area (Å²) < 4.78 is 53.3. The van der Waals surface area contributed by atoms with Crippen molar-refractivity contribution in [2.75, 3.05) is 18.4 Å². The highest BCUT2D eigenvalue weighted by atomic mass is 19.4. The van der Waals surface area contributed by atoms with Gasteiger partial charge in [-0.2, -0.15) is 0 Å². The molecular weight excluding hydrogens is 408 g/mol. The maximum Gasteiger partial charge on any atom is 0.573 e. The molecule has 160 valence electrons. The van der Waals surface area contributed by atoms with Crippen molar-refractivity contribution in [3.63, 3.8) is 0 Å². The van der Waals surface area contributed by atoms with E-state index in [1.54, 1.807) is 0 Å². The summed E-state index contributed by atoms with van der Waals surface area (Å²) in [6.07, 6.45) is -4.87. The molecular formula is C20H18F4N2O4. The van der Waals surface area contributed by atoms with Crippen LogP contribution in [-0.2, 0) is 4.79 Å². The van der Waals surface area contributed by atoms with Crippen LogP contribution >= 0.6 is 0 Å². The fourth-order valence-electron chi connectivity index (χ4n) is 3.07. The minimum atomic E-state index is -4.82. The number of carbonyl (C=O) groups is 2. The zero-order chi connectivity index (χ0) is 21.9. The van der Waals surface area contributed by atoms with E-state index in [2.05, 4.69) is 10.1 Å². The molecule has 1 heterocycles. The second-order valence-electron chi connectivity index (χ2n) is 6.86. The molecule has 1 fully saturated rings. The van der Waals surface area contributed by atoms with Crippen LogP contribution in [0.4, 0.5) is 23.2 Å². The Kier molecular flexibility index (Phi) is 5.97. The van der Waals surface area contributed by atoms with Gasteiger partial charge in [0.15, 0.2) is 0 Å². The molecule has 2 aromatic carbocycles. The van der Waals surface area contributed by atoms with Gasteiger partial charge in [0.25, 0.3) is 11.8 Å². The predicted octanol–water partition coefficient (Wildman–Crippen LogP) is 3.33. The van der Waals surface area contributed by atoms with E-state index in [1.807, 2.05) is 0 Å². The summed E-state index contributed by atoms with van der Waals surface area (Å²) in [5, 5.41) is 13.1. The van der Waals surface area contributed by atoms with Crippen LogP contribution < -0.4 is 10.1 Å². The molecule has 0 radical (unpaired) electrons. The topological polar surface area (TPSA) is 78.9 Å². The van der Waals surface area contributed by atoms with Crippen LogP contribution in [0.15, 0.2) is 48.5 Å². The number of hydrogen-bond donors (Lipinski definition) is 2. The smallest absolute Gasteiger partial charge is 0.406 e. The Hall–Kier alpha value is -3.14. The largest absolute Gasteiger partial charge is 0.573 e. The minimum Gasteiger partial charge on any atom is -0.406 e. The van der Waals surface area contributed by atoms with E-state index in [4.69, 9.17) is 0 Å². The second-order valence-corrected chi connectivity index (χ2v) is 6.86. The number of rotatable bonds is 4. The monoisotopic (exact) mass is 426 g/mol. The lowest BCUT2D eigenvalue weighted by Gasteiger charge is -2.37. The van der Waals surface area contributed by atoms with E-state index in [1.165, 1.54) is 41.3 Å². The van der Waals surface area contributed by atoms with Crippen molar-refractivity contribution in [1.29, 1.82) is 0 Å². The molecule has 1 saturated heterocycles. The van der Waals surface area contributed by atoms with Crippen LogP contribution in [0.2, 0.25) is 0 Å². The van der Waals surface area contributed by atoms with E-state index < -0.39 is 29.4 Å². The third-order valence-electron chi connectivity index (χ3n) is 4.74. The molecule has 30 heavy (non-hydrogen) atoms. The number of aliphatic hydroxyl groups is 1. The fraction of sp³-hybridized carbons (Fsp3) is 0.300. The number of amides is 2. The normalized spacial score (nSPS) is 16.1. The lowest BCUT2D eigenvalue weighted by atomic mass is 9.90. The van der Waals surface area contributed by atoms with Crippen molar-refractivity contribution < 1.29 is 37.0 Å². The highest BCUT2D eigenvalue weighted by Crippen LogP contribution is 2.27. The van der Waals surface area contributed by atoms with Gasteiger partial charge in [-0.25, -0.2) is 4.39 Å². The number of benzene rings is 2. The third-order valence-corrected chi connectivity index (χ3v) is 4.74. The van der Waals surface area contributed by atoms with E-state index in [0.717, 1.165) is 12.1 Å². The molecule has 10 heteroatoms. The SMILES string of the molecule is O=C(c1ccc(F)cc1)N1CCC(O)(C(=O)Nc2ccc(OC(F)(F)F)cc2)CC1. The fourth-order valence-corrected chi connectivity index (χ4v) is 3.07. The molecule has 0 bridgehead atoms. The minimum absolute atomic E-state index is 0.0267. The zero-order valence-corrected chi connectivity index (χ0v) is 15.6. The van der Waals surface area contributed by atoms with Gasteiger partial charge in [0.05, 0.1) is 0 Å². The van der Waals surface area contributed by atoms with Crippen molar-refractivity contribution in [1.82, 2.24) is 4.90 Å². The Morgan fingerprint density at radius 2 is 1.57 bits per heavy atom. The first-order valence-electron chi connectivity index (χ1n) is 9.00. The first-order chi connectivity index (χ1) is 14.1. The molecule has 2 amide bonds. The summed E-state index contributed by atoms with van der Waals surface area (Å²) in [5.41, 5.74) is -1.25. The molecule has 3 rings (SSSR count). The molecule has 0 saturated carbocycles. The summed E-state index contributed by atoms with van der Waals surface area (Å²) in [4.78, 5) is 26.4. The van der Waals surface area contributed by atoms with Crippen molar-refractivity contribution in [3.05, 3.63) is 59.9 Å². The Labute approximate surface area is 169 Å². The quantitative estimate of drug-likeness (QED) is 0.736. The Morgan fingerprint density at radius 1 is 1.00 bits per heavy atom. The average Bonchev–Trinajstić information content (AvgIpc) is 2.69. The molecule has 2 N–H and O–H groups in total. The van der Waals surface area contributed by atoms with Crippen molar-refractivity contribution in [2.24, 2.45) is 0 Å². The van der Waals surface area contributed by atoms with Crippen molar-refractivity contribution >= 4 is 17.5 Å².